The Morgan fingerprint density at radius 1 is 1.36 bits per heavy atom. The van der Waals surface area contributed by atoms with Gasteiger partial charge >= 0.3 is 0 Å². The maximum atomic E-state index is 11.6. The number of carbonyl (C=O) groups is 1. The molecule has 1 heterocycles. The Morgan fingerprint density at radius 3 is 2.86 bits per heavy atom. The molecular formula is C11H10ClNO. The molecule has 1 amide bonds. The second-order valence-corrected chi connectivity index (χ2v) is 4.46. The third-order valence-corrected chi connectivity index (χ3v) is 3.21. The first-order valence-electron chi connectivity index (χ1n) is 4.86. The number of halogens is 1. The molecule has 1 aromatic rings. The van der Waals surface area contributed by atoms with Gasteiger partial charge in [0.15, 0.2) is 0 Å². The number of rotatable bonds is 1. The summed E-state index contributed by atoms with van der Waals surface area (Å²) in [5, 5.41) is 3.72. The van der Waals surface area contributed by atoms with Crippen molar-refractivity contribution in [3.8, 4) is 0 Å². The lowest BCUT2D eigenvalue weighted by Gasteiger charge is -2.09. The normalized spacial score (nSPS) is 24.6. The molecule has 3 rings (SSSR count). The van der Waals surface area contributed by atoms with Crippen LogP contribution < -0.4 is 5.32 Å². The highest BCUT2D eigenvalue weighted by Gasteiger charge is 2.39. The molecule has 1 atom stereocenters. The van der Waals surface area contributed by atoms with Crippen LogP contribution in [0.2, 0.25) is 5.02 Å². The Labute approximate surface area is 87.3 Å². The van der Waals surface area contributed by atoms with Gasteiger partial charge in [-0.15, -0.1) is 0 Å². The van der Waals surface area contributed by atoms with Crippen LogP contribution in [0.25, 0.3) is 0 Å². The molecule has 1 aromatic carbocycles. The van der Waals surface area contributed by atoms with E-state index in [-0.39, 0.29) is 11.9 Å². The van der Waals surface area contributed by atoms with E-state index in [1.165, 1.54) is 12.8 Å². The lowest BCUT2D eigenvalue weighted by atomic mass is 10.0. The van der Waals surface area contributed by atoms with Crippen LogP contribution in [0.5, 0.6) is 0 Å². The van der Waals surface area contributed by atoms with Crippen LogP contribution >= 0.6 is 11.6 Å². The average Bonchev–Trinajstić information content (AvgIpc) is 2.93. The van der Waals surface area contributed by atoms with Crippen molar-refractivity contribution in [2.24, 2.45) is 5.92 Å². The van der Waals surface area contributed by atoms with Crippen molar-refractivity contribution < 1.29 is 4.79 Å². The van der Waals surface area contributed by atoms with E-state index in [9.17, 15) is 4.79 Å². The summed E-state index contributed by atoms with van der Waals surface area (Å²) >= 11 is 5.92. The van der Waals surface area contributed by atoms with Crippen LogP contribution in [0.1, 0.15) is 34.8 Å². The minimum absolute atomic E-state index is 0.0496. The Bertz CT molecular complexity index is 412. The van der Waals surface area contributed by atoms with E-state index in [1.807, 2.05) is 12.1 Å². The number of amides is 1. The van der Waals surface area contributed by atoms with Crippen LogP contribution in [-0.4, -0.2) is 5.91 Å². The Morgan fingerprint density at radius 2 is 2.14 bits per heavy atom. The molecule has 1 N–H and O–H groups in total. The second kappa shape index (κ2) is 2.74. The molecule has 0 aromatic heterocycles. The lowest BCUT2D eigenvalue weighted by Crippen LogP contribution is -2.20. The Balaban J connectivity index is 2.10. The summed E-state index contributed by atoms with van der Waals surface area (Å²) in [7, 11) is 0. The highest BCUT2D eigenvalue weighted by Crippen LogP contribution is 2.44. The van der Waals surface area contributed by atoms with Crippen molar-refractivity contribution in [2.75, 3.05) is 0 Å². The van der Waals surface area contributed by atoms with Crippen molar-refractivity contribution in [1.29, 1.82) is 0 Å². The zero-order chi connectivity index (χ0) is 9.71. The summed E-state index contributed by atoms with van der Waals surface area (Å²) < 4.78 is 0. The molecule has 72 valence electrons. The van der Waals surface area contributed by atoms with Crippen molar-refractivity contribution >= 4 is 17.5 Å². The predicted molar refractivity (Wildman–Crippen MR) is 54.4 cm³/mol. The standard InChI is InChI=1S/C11H10ClNO/c12-7-3-4-8-9(5-7)10(6-1-2-6)13-11(8)14/h3-6,10H,1-2H2,(H,13,14). The van der Waals surface area contributed by atoms with Crippen molar-refractivity contribution in [2.45, 2.75) is 18.9 Å². The van der Waals surface area contributed by atoms with Crippen LogP contribution in [0.3, 0.4) is 0 Å². The third-order valence-electron chi connectivity index (χ3n) is 2.97. The summed E-state index contributed by atoms with van der Waals surface area (Å²) in [5.41, 5.74) is 1.89. The zero-order valence-electron chi connectivity index (χ0n) is 7.59. The molecule has 0 spiro atoms. The molecule has 14 heavy (non-hydrogen) atoms. The van der Waals surface area contributed by atoms with Gasteiger partial charge in [0, 0.05) is 10.6 Å². The van der Waals surface area contributed by atoms with Gasteiger partial charge in [-0.25, -0.2) is 0 Å². The van der Waals surface area contributed by atoms with E-state index < -0.39 is 0 Å². The van der Waals surface area contributed by atoms with Crippen LogP contribution in [0, 0.1) is 5.92 Å². The molecule has 3 heteroatoms. The molecule has 0 saturated heterocycles. The van der Waals surface area contributed by atoms with E-state index >= 15 is 0 Å². The average molecular weight is 208 g/mol. The Kier molecular flexibility index (Phi) is 1.62. The molecule has 0 radical (unpaired) electrons. The molecule has 1 aliphatic carbocycles. The molecular weight excluding hydrogens is 198 g/mol. The first-order chi connectivity index (χ1) is 6.75. The zero-order valence-corrected chi connectivity index (χ0v) is 8.34. The maximum absolute atomic E-state index is 11.6. The largest absolute Gasteiger partial charge is 0.345 e. The third kappa shape index (κ3) is 1.14. The Hall–Kier alpha value is -1.02. The monoisotopic (exact) mass is 207 g/mol. The minimum Gasteiger partial charge on any atom is -0.345 e. The number of hydrogen-bond donors (Lipinski definition) is 1. The van der Waals surface area contributed by atoms with Gasteiger partial charge in [0.2, 0.25) is 0 Å². The smallest absolute Gasteiger partial charge is 0.252 e. The molecule has 2 nitrogen and oxygen atoms in total. The van der Waals surface area contributed by atoms with Crippen LogP contribution in [0.4, 0.5) is 0 Å². The van der Waals surface area contributed by atoms with Crippen LogP contribution in [0.15, 0.2) is 18.2 Å². The fourth-order valence-electron chi connectivity index (χ4n) is 2.10. The first kappa shape index (κ1) is 8.30. The van der Waals surface area contributed by atoms with Crippen molar-refractivity contribution in [1.82, 2.24) is 5.32 Å². The van der Waals surface area contributed by atoms with Gasteiger partial charge in [-0.1, -0.05) is 11.6 Å². The molecule has 1 aliphatic heterocycles. The summed E-state index contributed by atoms with van der Waals surface area (Å²) in [6, 6.07) is 5.72. The van der Waals surface area contributed by atoms with Gasteiger partial charge in [-0.05, 0) is 42.5 Å². The van der Waals surface area contributed by atoms with Gasteiger partial charge in [-0.2, -0.15) is 0 Å². The number of carbonyl (C=O) groups excluding carboxylic acids is 1. The molecule has 2 aliphatic rings. The van der Waals surface area contributed by atoms with Gasteiger partial charge in [0.05, 0.1) is 6.04 Å². The summed E-state index contributed by atoms with van der Waals surface area (Å²) in [4.78, 5) is 11.6. The quantitative estimate of drug-likeness (QED) is 0.754. The molecule has 1 fully saturated rings. The van der Waals surface area contributed by atoms with Gasteiger partial charge in [0.1, 0.15) is 0 Å². The number of hydrogen-bond acceptors (Lipinski definition) is 1. The fourth-order valence-corrected chi connectivity index (χ4v) is 2.28. The number of fused-ring (bicyclic) bond motifs is 1. The summed E-state index contributed by atoms with van der Waals surface area (Å²) in [5.74, 6) is 0.687. The van der Waals surface area contributed by atoms with E-state index in [1.54, 1.807) is 6.07 Å². The molecule has 0 bridgehead atoms. The second-order valence-electron chi connectivity index (χ2n) is 4.02. The summed E-state index contributed by atoms with van der Waals surface area (Å²) in [6.45, 7) is 0. The molecule has 1 saturated carbocycles. The van der Waals surface area contributed by atoms with E-state index in [0.717, 1.165) is 11.1 Å². The number of nitrogens with one attached hydrogen (secondary N) is 1. The predicted octanol–water partition coefficient (Wildman–Crippen LogP) is 2.53. The van der Waals surface area contributed by atoms with Gasteiger partial charge in [0.25, 0.3) is 5.91 Å². The van der Waals surface area contributed by atoms with E-state index in [4.69, 9.17) is 11.6 Å². The van der Waals surface area contributed by atoms with Crippen molar-refractivity contribution in [3.05, 3.63) is 34.3 Å². The maximum Gasteiger partial charge on any atom is 0.252 e. The van der Waals surface area contributed by atoms with Gasteiger partial charge < -0.3 is 5.32 Å². The van der Waals surface area contributed by atoms with Crippen LogP contribution in [-0.2, 0) is 0 Å². The minimum atomic E-state index is 0.0496. The lowest BCUT2D eigenvalue weighted by molar-refractivity contribution is 0.0953. The molecule has 1 unspecified atom stereocenters. The van der Waals surface area contributed by atoms with E-state index in [0.29, 0.717) is 10.9 Å². The first-order valence-corrected chi connectivity index (χ1v) is 5.24. The van der Waals surface area contributed by atoms with Gasteiger partial charge in [-0.3, -0.25) is 4.79 Å². The highest BCUT2D eigenvalue weighted by molar-refractivity contribution is 6.30. The topological polar surface area (TPSA) is 29.1 Å². The fraction of sp³-hybridized carbons (Fsp3) is 0.364. The summed E-state index contributed by atoms with van der Waals surface area (Å²) in [6.07, 6.45) is 2.44. The highest BCUT2D eigenvalue weighted by atomic mass is 35.5. The van der Waals surface area contributed by atoms with E-state index in [2.05, 4.69) is 5.32 Å². The SMILES string of the molecule is O=C1NC(C2CC2)c2cc(Cl)ccc21. The van der Waals surface area contributed by atoms with Crippen molar-refractivity contribution in [3.63, 3.8) is 0 Å². The number of benzene rings is 1.